The molecule has 0 aliphatic heterocycles. The second-order valence-electron chi connectivity index (χ2n) is 4.84. The van der Waals surface area contributed by atoms with E-state index in [9.17, 15) is 5.11 Å². The molecule has 1 N–H and O–H groups in total. The quantitative estimate of drug-likeness (QED) is 0.920. The maximum absolute atomic E-state index is 9.53. The standard InChI is InChI=1S/C15H14ClNO2/c16-13-5-12(6-14(18)7-13)11-3-4-15(17-8-11)19-9-10-1-2-10/h3-8,10,18H,1-2,9H2. The average Bonchev–Trinajstić information content (AvgIpc) is 3.20. The monoisotopic (exact) mass is 275 g/mol. The van der Waals surface area contributed by atoms with Crippen LogP contribution in [-0.2, 0) is 0 Å². The van der Waals surface area contributed by atoms with Crippen LogP contribution in [0.2, 0.25) is 5.02 Å². The van der Waals surface area contributed by atoms with Gasteiger partial charge in [0.1, 0.15) is 5.75 Å². The number of phenolic OH excluding ortho intramolecular Hbond substituents is 1. The van der Waals surface area contributed by atoms with Gasteiger partial charge >= 0.3 is 0 Å². The Bertz CT molecular complexity index is 559. The van der Waals surface area contributed by atoms with E-state index in [0.29, 0.717) is 16.8 Å². The third kappa shape index (κ3) is 3.18. The van der Waals surface area contributed by atoms with Crippen LogP contribution in [0.15, 0.2) is 36.5 Å². The Labute approximate surface area is 116 Å². The first-order valence-electron chi connectivity index (χ1n) is 6.29. The molecule has 0 spiro atoms. The van der Waals surface area contributed by atoms with E-state index in [1.54, 1.807) is 18.3 Å². The highest BCUT2D eigenvalue weighted by molar-refractivity contribution is 6.31. The molecule has 4 heteroatoms. The van der Waals surface area contributed by atoms with Crippen molar-refractivity contribution in [1.29, 1.82) is 0 Å². The molecule has 1 heterocycles. The van der Waals surface area contributed by atoms with Gasteiger partial charge in [-0.25, -0.2) is 4.98 Å². The van der Waals surface area contributed by atoms with Gasteiger partial charge in [-0.3, -0.25) is 0 Å². The molecular weight excluding hydrogens is 262 g/mol. The molecular formula is C15H14ClNO2. The van der Waals surface area contributed by atoms with Gasteiger partial charge in [-0.1, -0.05) is 11.6 Å². The minimum Gasteiger partial charge on any atom is -0.508 e. The van der Waals surface area contributed by atoms with Crippen molar-refractivity contribution in [3.8, 4) is 22.8 Å². The number of pyridine rings is 1. The van der Waals surface area contributed by atoms with Crippen LogP contribution in [0.25, 0.3) is 11.1 Å². The van der Waals surface area contributed by atoms with E-state index in [-0.39, 0.29) is 5.75 Å². The summed E-state index contributed by atoms with van der Waals surface area (Å²) in [6, 6.07) is 8.72. The van der Waals surface area contributed by atoms with E-state index >= 15 is 0 Å². The Morgan fingerprint density at radius 1 is 1.21 bits per heavy atom. The number of halogens is 1. The fourth-order valence-corrected chi connectivity index (χ4v) is 2.09. The highest BCUT2D eigenvalue weighted by Crippen LogP contribution is 2.30. The van der Waals surface area contributed by atoms with Crippen molar-refractivity contribution in [3.05, 3.63) is 41.6 Å². The maximum atomic E-state index is 9.53. The van der Waals surface area contributed by atoms with Crippen molar-refractivity contribution in [1.82, 2.24) is 4.98 Å². The highest BCUT2D eigenvalue weighted by atomic mass is 35.5. The molecule has 0 atom stereocenters. The lowest BCUT2D eigenvalue weighted by molar-refractivity contribution is 0.288. The second-order valence-corrected chi connectivity index (χ2v) is 5.27. The molecule has 2 aromatic rings. The first-order chi connectivity index (χ1) is 9.20. The van der Waals surface area contributed by atoms with Crippen molar-refractivity contribution in [2.45, 2.75) is 12.8 Å². The van der Waals surface area contributed by atoms with Crippen LogP contribution in [0.4, 0.5) is 0 Å². The molecule has 0 radical (unpaired) electrons. The van der Waals surface area contributed by atoms with E-state index in [2.05, 4.69) is 4.98 Å². The fraction of sp³-hybridized carbons (Fsp3) is 0.267. The summed E-state index contributed by atoms with van der Waals surface area (Å²) in [7, 11) is 0. The third-order valence-electron chi connectivity index (χ3n) is 3.12. The molecule has 1 aliphatic rings. The number of hydrogen-bond donors (Lipinski definition) is 1. The van der Waals surface area contributed by atoms with Gasteiger partial charge in [0.2, 0.25) is 5.88 Å². The van der Waals surface area contributed by atoms with Crippen LogP contribution in [-0.4, -0.2) is 16.7 Å². The second kappa shape index (κ2) is 5.10. The number of ether oxygens (including phenoxy) is 1. The summed E-state index contributed by atoms with van der Waals surface area (Å²) in [5, 5.41) is 10.0. The van der Waals surface area contributed by atoms with Gasteiger partial charge < -0.3 is 9.84 Å². The predicted molar refractivity (Wildman–Crippen MR) is 74.6 cm³/mol. The zero-order chi connectivity index (χ0) is 13.2. The smallest absolute Gasteiger partial charge is 0.213 e. The first kappa shape index (κ1) is 12.3. The van der Waals surface area contributed by atoms with Gasteiger partial charge in [0.25, 0.3) is 0 Å². The number of aromatic hydroxyl groups is 1. The Morgan fingerprint density at radius 3 is 2.68 bits per heavy atom. The zero-order valence-electron chi connectivity index (χ0n) is 10.3. The largest absolute Gasteiger partial charge is 0.508 e. The number of hydrogen-bond acceptors (Lipinski definition) is 3. The van der Waals surface area contributed by atoms with Crippen molar-refractivity contribution >= 4 is 11.6 Å². The van der Waals surface area contributed by atoms with E-state index in [0.717, 1.165) is 17.7 Å². The summed E-state index contributed by atoms with van der Waals surface area (Å²) in [5.74, 6) is 1.50. The van der Waals surface area contributed by atoms with Gasteiger partial charge in [-0.15, -0.1) is 0 Å². The van der Waals surface area contributed by atoms with Gasteiger partial charge in [0.15, 0.2) is 0 Å². The lowest BCUT2D eigenvalue weighted by atomic mass is 10.1. The van der Waals surface area contributed by atoms with Crippen LogP contribution >= 0.6 is 11.6 Å². The lowest BCUT2D eigenvalue weighted by Gasteiger charge is -2.06. The molecule has 1 aromatic carbocycles. The molecule has 98 valence electrons. The Kier molecular flexibility index (Phi) is 3.30. The van der Waals surface area contributed by atoms with Crippen molar-refractivity contribution in [2.75, 3.05) is 6.61 Å². The number of aromatic nitrogens is 1. The molecule has 0 bridgehead atoms. The van der Waals surface area contributed by atoms with Crippen LogP contribution in [0.5, 0.6) is 11.6 Å². The molecule has 0 saturated heterocycles. The van der Waals surface area contributed by atoms with E-state index in [4.69, 9.17) is 16.3 Å². The summed E-state index contributed by atoms with van der Waals surface area (Å²) in [6.45, 7) is 0.754. The highest BCUT2D eigenvalue weighted by Gasteiger charge is 2.22. The number of phenols is 1. The third-order valence-corrected chi connectivity index (χ3v) is 3.33. The maximum Gasteiger partial charge on any atom is 0.213 e. The zero-order valence-corrected chi connectivity index (χ0v) is 11.1. The van der Waals surface area contributed by atoms with Gasteiger partial charge in [0.05, 0.1) is 6.61 Å². The van der Waals surface area contributed by atoms with Crippen LogP contribution in [0, 0.1) is 5.92 Å². The molecule has 1 aromatic heterocycles. The number of rotatable bonds is 4. The predicted octanol–water partition coefficient (Wildman–Crippen LogP) is 3.90. The van der Waals surface area contributed by atoms with Crippen LogP contribution in [0.1, 0.15) is 12.8 Å². The van der Waals surface area contributed by atoms with Crippen molar-refractivity contribution in [3.63, 3.8) is 0 Å². The van der Waals surface area contributed by atoms with E-state index < -0.39 is 0 Å². The topological polar surface area (TPSA) is 42.4 Å². The molecule has 0 amide bonds. The summed E-state index contributed by atoms with van der Waals surface area (Å²) >= 11 is 5.92. The summed E-state index contributed by atoms with van der Waals surface area (Å²) in [4.78, 5) is 4.27. The minimum absolute atomic E-state index is 0.150. The molecule has 3 nitrogen and oxygen atoms in total. The molecule has 19 heavy (non-hydrogen) atoms. The Hall–Kier alpha value is -1.74. The van der Waals surface area contributed by atoms with Gasteiger partial charge in [-0.2, -0.15) is 0 Å². The molecule has 0 unspecified atom stereocenters. The number of nitrogens with zero attached hydrogens (tertiary/aromatic N) is 1. The van der Waals surface area contributed by atoms with E-state index in [1.165, 1.54) is 18.9 Å². The van der Waals surface area contributed by atoms with Gasteiger partial charge in [0, 0.05) is 22.8 Å². The summed E-state index contributed by atoms with van der Waals surface area (Å²) in [6.07, 6.45) is 4.26. The van der Waals surface area contributed by atoms with Crippen LogP contribution < -0.4 is 4.74 Å². The summed E-state index contributed by atoms with van der Waals surface area (Å²) in [5.41, 5.74) is 1.74. The summed E-state index contributed by atoms with van der Waals surface area (Å²) < 4.78 is 5.58. The Morgan fingerprint density at radius 2 is 2.05 bits per heavy atom. The lowest BCUT2D eigenvalue weighted by Crippen LogP contribution is -2.00. The molecule has 1 aliphatic carbocycles. The Balaban J connectivity index is 1.76. The van der Waals surface area contributed by atoms with Crippen LogP contribution in [0.3, 0.4) is 0 Å². The fourth-order valence-electron chi connectivity index (χ4n) is 1.87. The first-order valence-corrected chi connectivity index (χ1v) is 6.67. The SMILES string of the molecule is Oc1cc(Cl)cc(-c2ccc(OCC3CC3)nc2)c1. The van der Waals surface area contributed by atoms with Crippen molar-refractivity contribution < 1.29 is 9.84 Å². The average molecular weight is 276 g/mol. The molecule has 1 saturated carbocycles. The molecule has 3 rings (SSSR count). The number of benzene rings is 1. The minimum atomic E-state index is 0.150. The van der Waals surface area contributed by atoms with Gasteiger partial charge in [-0.05, 0) is 48.6 Å². The van der Waals surface area contributed by atoms with E-state index in [1.807, 2.05) is 12.1 Å². The normalized spacial score (nSPS) is 14.4. The molecule has 1 fully saturated rings. The van der Waals surface area contributed by atoms with Crippen molar-refractivity contribution in [2.24, 2.45) is 5.92 Å².